The standard InChI is InChI=1S/C13H18N4O2S/c1-4-17-8-12(13(14)15-17)20(18,19)16-11-6-5-9(2)7-10(11)3/h5-8,16H,4H2,1-3H3,(H2,14,15). The second-order valence-electron chi connectivity index (χ2n) is 4.66. The Kier molecular flexibility index (Phi) is 3.71. The maximum Gasteiger partial charge on any atom is 0.267 e. The maximum atomic E-state index is 12.3. The average molecular weight is 294 g/mol. The van der Waals surface area contributed by atoms with Crippen LogP contribution in [0.3, 0.4) is 0 Å². The second-order valence-corrected chi connectivity index (χ2v) is 6.31. The Balaban J connectivity index is 2.38. The number of aryl methyl sites for hydroxylation is 3. The van der Waals surface area contributed by atoms with E-state index in [4.69, 9.17) is 5.73 Å². The maximum absolute atomic E-state index is 12.3. The molecular formula is C13H18N4O2S. The zero-order chi connectivity index (χ0) is 14.9. The number of sulfonamides is 1. The topological polar surface area (TPSA) is 90.0 Å². The molecule has 2 rings (SSSR count). The number of benzene rings is 1. The van der Waals surface area contributed by atoms with Gasteiger partial charge in [0.15, 0.2) is 5.82 Å². The van der Waals surface area contributed by atoms with Gasteiger partial charge in [0, 0.05) is 12.7 Å². The molecule has 0 saturated heterocycles. The predicted octanol–water partition coefficient (Wildman–Crippen LogP) is 1.90. The lowest BCUT2D eigenvalue weighted by Gasteiger charge is -2.10. The Bertz CT molecular complexity index is 735. The van der Waals surface area contributed by atoms with Crippen molar-refractivity contribution in [2.75, 3.05) is 10.5 Å². The van der Waals surface area contributed by atoms with E-state index in [1.54, 1.807) is 6.07 Å². The summed E-state index contributed by atoms with van der Waals surface area (Å²) in [7, 11) is -3.73. The molecule has 0 bridgehead atoms. The van der Waals surface area contributed by atoms with Crippen LogP contribution < -0.4 is 10.5 Å². The van der Waals surface area contributed by atoms with Crippen molar-refractivity contribution in [3.05, 3.63) is 35.5 Å². The van der Waals surface area contributed by atoms with Gasteiger partial charge in [-0.05, 0) is 32.4 Å². The third-order valence-electron chi connectivity index (χ3n) is 2.99. The molecule has 0 unspecified atom stereocenters. The highest BCUT2D eigenvalue weighted by molar-refractivity contribution is 7.92. The summed E-state index contributed by atoms with van der Waals surface area (Å²) in [5, 5.41) is 3.95. The summed E-state index contributed by atoms with van der Waals surface area (Å²) in [4.78, 5) is -0.000625. The molecule has 0 fully saturated rings. The van der Waals surface area contributed by atoms with E-state index in [-0.39, 0.29) is 10.7 Å². The van der Waals surface area contributed by atoms with Crippen LogP contribution in [0.4, 0.5) is 11.5 Å². The first-order valence-corrected chi connectivity index (χ1v) is 7.75. The normalized spacial score (nSPS) is 11.6. The van der Waals surface area contributed by atoms with Gasteiger partial charge in [-0.3, -0.25) is 9.40 Å². The van der Waals surface area contributed by atoms with E-state index >= 15 is 0 Å². The lowest BCUT2D eigenvalue weighted by molar-refractivity contribution is 0.600. The minimum absolute atomic E-state index is 0.000625. The smallest absolute Gasteiger partial charge is 0.267 e. The van der Waals surface area contributed by atoms with E-state index in [1.807, 2.05) is 32.9 Å². The zero-order valence-corrected chi connectivity index (χ0v) is 12.5. The number of hydrogen-bond acceptors (Lipinski definition) is 4. The molecule has 0 amide bonds. The van der Waals surface area contributed by atoms with E-state index in [1.165, 1.54) is 10.9 Å². The van der Waals surface area contributed by atoms with Crippen molar-refractivity contribution in [1.82, 2.24) is 9.78 Å². The van der Waals surface area contributed by atoms with Gasteiger partial charge in [0.1, 0.15) is 4.90 Å². The quantitative estimate of drug-likeness (QED) is 0.901. The third kappa shape index (κ3) is 2.77. The van der Waals surface area contributed by atoms with Crippen molar-refractivity contribution in [3.8, 4) is 0 Å². The van der Waals surface area contributed by atoms with Gasteiger partial charge in [-0.2, -0.15) is 5.10 Å². The molecule has 20 heavy (non-hydrogen) atoms. The van der Waals surface area contributed by atoms with Crippen LogP contribution in [0.1, 0.15) is 18.1 Å². The fourth-order valence-electron chi connectivity index (χ4n) is 1.91. The van der Waals surface area contributed by atoms with Crippen molar-refractivity contribution < 1.29 is 8.42 Å². The number of nitrogens with two attached hydrogens (primary N) is 1. The summed E-state index contributed by atoms with van der Waals surface area (Å²) in [6.45, 7) is 6.22. The van der Waals surface area contributed by atoms with E-state index in [9.17, 15) is 8.42 Å². The van der Waals surface area contributed by atoms with Gasteiger partial charge in [-0.15, -0.1) is 0 Å². The molecule has 0 aliphatic carbocycles. The van der Waals surface area contributed by atoms with E-state index < -0.39 is 10.0 Å². The number of nitrogens with zero attached hydrogens (tertiary/aromatic N) is 2. The van der Waals surface area contributed by atoms with Crippen LogP contribution in [-0.2, 0) is 16.6 Å². The number of rotatable bonds is 4. The Morgan fingerprint density at radius 3 is 2.60 bits per heavy atom. The Labute approximate surface area is 118 Å². The number of nitrogen functional groups attached to an aromatic ring is 1. The molecule has 2 aromatic rings. The molecule has 7 heteroatoms. The highest BCUT2D eigenvalue weighted by Gasteiger charge is 2.21. The Morgan fingerprint density at radius 2 is 2.05 bits per heavy atom. The first kappa shape index (κ1) is 14.4. The first-order chi connectivity index (χ1) is 9.33. The van der Waals surface area contributed by atoms with Gasteiger partial charge >= 0.3 is 0 Å². The molecule has 0 atom stereocenters. The second kappa shape index (κ2) is 5.16. The van der Waals surface area contributed by atoms with Gasteiger partial charge in [-0.1, -0.05) is 17.7 Å². The lowest BCUT2D eigenvalue weighted by Crippen LogP contribution is -2.14. The molecule has 1 heterocycles. The fourth-order valence-corrected chi connectivity index (χ4v) is 3.12. The van der Waals surface area contributed by atoms with E-state index in [0.717, 1.165) is 11.1 Å². The largest absolute Gasteiger partial charge is 0.381 e. The Morgan fingerprint density at radius 1 is 1.35 bits per heavy atom. The van der Waals surface area contributed by atoms with Crippen LogP contribution in [-0.4, -0.2) is 18.2 Å². The van der Waals surface area contributed by atoms with Crippen molar-refractivity contribution in [1.29, 1.82) is 0 Å². The van der Waals surface area contributed by atoms with Gasteiger partial charge in [0.05, 0.1) is 5.69 Å². The van der Waals surface area contributed by atoms with Crippen LogP contribution in [0.15, 0.2) is 29.3 Å². The predicted molar refractivity (Wildman–Crippen MR) is 79.0 cm³/mol. The summed E-state index contributed by atoms with van der Waals surface area (Å²) in [6, 6.07) is 5.50. The minimum atomic E-state index is -3.73. The van der Waals surface area contributed by atoms with Crippen LogP contribution in [0.2, 0.25) is 0 Å². The van der Waals surface area contributed by atoms with Crippen molar-refractivity contribution in [2.45, 2.75) is 32.2 Å². The molecule has 6 nitrogen and oxygen atoms in total. The van der Waals surface area contributed by atoms with Gasteiger partial charge in [-0.25, -0.2) is 8.42 Å². The van der Waals surface area contributed by atoms with Crippen LogP contribution in [0, 0.1) is 13.8 Å². The Hall–Kier alpha value is -2.02. The highest BCUT2D eigenvalue weighted by atomic mass is 32.2. The SMILES string of the molecule is CCn1cc(S(=O)(=O)Nc2ccc(C)cc2C)c(N)n1. The average Bonchev–Trinajstić information content (AvgIpc) is 2.75. The third-order valence-corrected chi connectivity index (χ3v) is 4.38. The molecule has 108 valence electrons. The molecule has 0 spiro atoms. The summed E-state index contributed by atoms with van der Waals surface area (Å²) >= 11 is 0. The number of aromatic nitrogens is 2. The van der Waals surface area contributed by atoms with E-state index in [2.05, 4.69) is 9.82 Å². The molecule has 3 N–H and O–H groups in total. The van der Waals surface area contributed by atoms with Crippen molar-refractivity contribution in [3.63, 3.8) is 0 Å². The van der Waals surface area contributed by atoms with Crippen molar-refractivity contribution in [2.24, 2.45) is 0 Å². The van der Waals surface area contributed by atoms with Crippen LogP contribution >= 0.6 is 0 Å². The summed E-state index contributed by atoms with van der Waals surface area (Å²) < 4.78 is 28.7. The fraction of sp³-hybridized carbons (Fsp3) is 0.308. The molecule has 0 saturated carbocycles. The van der Waals surface area contributed by atoms with Gasteiger partial charge in [0.25, 0.3) is 10.0 Å². The lowest BCUT2D eigenvalue weighted by atomic mass is 10.1. The minimum Gasteiger partial charge on any atom is -0.381 e. The molecule has 1 aromatic carbocycles. The van der Waals surface area contributed by atoms with Gasteiger partial charge < -0.3 is 5.73 Å². The molecule has 0 aliphatic rings. The van der Waals surface area contributed by atoms with Crippen molar-refractivity contribution >= 4 is 21.5 Å². The van der Waals surface area contributed by atoms with Crippen LogP contribution in [0.5, 0.6) is 0 Å². The summed E-state index contributed by atoms with van der Waals surface area (Å²) in [6.07, 6.45) is 1.43. The van der Waals surface area contributed by atoms with E-state index in [0.29, 0.717) is 12.2 Å². The van der Waals surface area contributed by atoms with Gasteiger partial charge in [0.2, 0.25) is 0 Å². The highest BCUT2D eigenvalue weighted by Crippen LogP contribution is 2.23. The number of hydrogen-bond donors (Lipinski definition) is 2. The first-order valence-electron chi connectivity index (χ1n) is 6.26. The number of anilines is 2. The zero-order valence-electron chi connectivity index (χ0n) is 11.7. The summed E-state index contributed by atoms with van der Waals surface area (Å²) in [5.41, 5.74) is 8.14. The molecular weight excluding hydrogens is 276 g/mol. The monoisotopic (exact) mass is 294 g/mol. The molecule has 1 aromatic heterocycles. The summed E-state index contributed by atoms with van der Waals surface area (Å²) in [5.74, 6) is 0.00381. The number of nitrogens with one attached hydrogen (secondary N) is 1. The molecule has 0 aliphatic heterocycles. The molecule has 0 radical (unpaired) electrons. The van der Waals surface area contributed by atoms with Crippen LogP contribution in [0.25, 0.3) is 0 Å².